The Morgan fingerprint density at radius 1 is 1.10 bits per heavy atom. The normalized spacial score (nSPS) is 11.7. The Balaban J connectivity index is 1.64. The van der Waals surface area contributed by atoms with Gasteiger partial charge in [-0.05, 0) is 23.8 Å². The Morgan fingerprint density at radius 3 is 2.59 bits per heavy atom. The summed E-state index contributed by atoms with van der Waals surface area (Å²) in [7, 11) is 1.24. The summed E-state index contributed by atoms with van der Waals surface area (Å²) in [5.41, 5.74) is 1.93. The molecule has 3 aromatic rings. The molecule has 0 aliphatic rings. The first-order valence-corrected chi connectivity index (χ1v) is 9.21. The van der Waals surface area contributed by atoms with E-state index in [1.807, 2.05) is 24.3 Å². The molecule has 7 nitrogen and oxygen atoms in total. The van der Waals surface area contributed by atoms with Crippen molar-refractivity contribution in [1.29, 1.82) is 0 Å². The molecule has 0 saturated heterocycles. The predicted octanol–water partition coefficient (Wildman–Crippen LogP) is 2.88. The van der Waals surface area contributed by atoms with Gasteiger partial charge in [0.1, 0.15) is 6.04 Å². The van der Waals surface area contributed by atoms with Crippen LogP contribution in [0.4, 0.5) is 0 Å². The predicted molar refractivity (Wildman–Crippen MR) is 108 cm³/mol. The van der Waals surface area contributed by atoms with Crippen molar-refractivity contribution in [2.24, 2.45) is 0 Å². The Labute approximate surface area is 171 Å². The maximum absolute atomic E-state index is 12.2. The molecule has 1 aromatic heterocycles. The highest BCUT2D eigenvalue weighted by atomic mass is 35.5. The van der Waals surface area contributed by atoms with Crippen LogP contribution in [0.2, 0.25) is 5.02 Å². The largest absolute Gasteiger partial charge is 0.467 e. The zero-order chi connectivity index (χ0) is 20.8. The lowest BCUT2D eigenvalue weighted by atomic mass is 10.0. The quantitative estimate of drug-likeness (QED) is 0.579. The number of para-hydroxylation sites is 1. The van der Waals surface area contributed by atoms with Crippen LogP contribution in [0.25, 0.3) is 10.9 Å². The molecule has 1 atom stereocenters. The maximum Gasteiger partial charge on any atom is 0.340 e. The van der Waals surface area contributed by atoms with E-state index < -0.39 is 30.5 Å². The zero-order valence-electron chi connectivity index (χ0n) is 15.6. The number of hydrogen-bond acceptors (Lipinski definition) is 5. The van der Waals surface area contributed by atoms with Crippen molar-refractivity contribution >= 4 is 40.3 Å². The van der Waals surface area contributed by atoms with Crippen LogP contribution < -0.4 is 5.32 Å². The van der Waals surface area contributed by atoms with Gasteiger partial charge < -0.3 is 19.8 Å². The van der Waals surface area contributed by atoms with Gasteiger partial charge in [0.2, 0.25) is 0 Å². The number of halogens is 1. The van der Waals surface area contributed by atoms with Gasteiger partial charge in [-0.3, -0.25) is 4.79 Å². The summed E-state index contributed by atoms with van der Waals surface area (Å²) in [6, 6.07) is 13.1. The van der Waals surface area contributed by atoms with E-state index in [1.54, 1.807) is 24.4 Å². The number of ether oxygens (including phenoxy) is 2. The van der Waals surface area contributed by atoms with Crippen molar-refractivity contribution in [3.63, 3.8) is 0 Å². The molecule has 2 aromatic carbocycles. The van der Waals surface area contributed by atoms with Gasteiger partial charge in [0.25, 0.3) is 5.91 Å². The molecule has 29 heavy (non-hydrogen) atoms. The van der Waals surface area contributed by atoms with E-state index in [-0.39, 0.29) is 17.0 Å². The number of aromatic amines is 1. The molecule has 3 rings (SSSR count). The number of nitrogens with one attached hydrogen (secondary N) is 2. The van der Waals surface area contributed by atoms with Crippen LogP contribution in [0.3, 0.4) is 0 Å². The lowest BCUT2D eigenvalue weighted by molar-refractivity contribution is -0.145. The van der Waals surface area contributed by atoms with Crippen molar-refractivity contribution < 1.29 is 23.9 Å². The van der Waals surface area contributed by atoms with Gasteiger partial charge in [0, 0.05) is 23.5 Å². The molecule has 2 N–H and O–H groups in total. The minimum absolute atomic E-state index is 0.158. The third-order valence-electron chi connectivity index (χ3n) is 4.35. The first-order chi connectivity index (χ1) is 14.0. The molecular formula is C21H19ClN2O5. The molecule has 0 fully saturated rings. The number of esters is 2. The van der Waals surface area contributed by atoms with Gasteiger partial charge in [0.15, 0.2) is 6.61 Å². The molecule has 0 aliphatic heterocycles. The highest BCUT2D eigenvalue weighted by Gasteiger charge is 2.24. The summed E-state index contributed by atoms with van der Waals surface area (Å²) in [5, 5.41) is 3.73. The fraction of sp³-hybridized carbons (Fsp3) is 0.190. The topological polar surface area (TPSA) is 97.5 Å². The van der Waals surface area contributed by atoms with E-state index in [9.17, 15) is 14.4 Å². The number of aromatic nitrogens is 1. The summed E-state index contributed by atoms with van der Waals surface area (Å²) in [5.74, 6) is -1.95. The van der Waals surface area contributed by atoms with Crippen molar-refractivity contribution in [3.05, 3.63) is 70.9 Å². The summed E-state index contributed by atoms with van der Waals surface area (Å²) in [6.45, 7) is -0.550. The van der Waals surface area contributed by atoms with Gasteiger partial charge in [0.05, 0.1) is 17.7 Å². The van der Waals surface area contributed by atoms with Crippen LogP contribution in [0.1, 0.15) is 15.9 Å². The smallest absolute Gasteiger partial charge is 0.340 e. The first-order valence-electron chi connectivity index (χ1n) is 8.83. The SMILES string of the molecule is COC(=O)[C@@H](Cc1c[nH]c2ccccc12)NC(=O)COC(=O)c1ccccc1Cl. The molecule has 1 heterocycles. The molecular weight excluding hydrogens is 396 g/mol. The standard InChI is InChI=1S/C21H19ClN2O5/c1-28-21(27)18(10-13-11-23-17-9-5-3-6-14(13)17)24-19(25)12-29-20(26)15-7-2-4-8-16(15)22/h2-9,11,18,23H,10,12H2,1H3,(H,24,25)/t18-/m1/s1. The Bertz CT molecular complexity index is 1050. The Morgan fingerprint density at radius 2 is 1.83 bits per heavy atom. The van der Waals surface area contributed by atoms with Gasteiger partial charge >= 0.3 is 11.9 Å². The number of fused-ring (bicyclic) bond motifs is 1. The minimum atomic E-state index is -0.925. The van der Waals surface area contributed by atoms with Gasteiger partial charge in [-0.1, -0.05) is 41.9 Å². The van der Waals surface area contributed by atoms with E-state index in [0.29, 0.717) is 0 Å². The molecule has 150 valence electrons. The lowest BCUT2D eigenvalue weighted by Crippen LogP contribution is -2.44. The average molecular weight is 415 g/mol. The van der Waals surface area contributed by atoms with Crippen molar-refractivity contribution in [3.8, 4) is 0 Å². The maximum atomic E-state index is 12.2. The molecule has 8 heteroatoms. The van der Waals surface area contributed by atoms with Gasteiger partial charge in [-0.15, -0.1) is 0 Å². The lowest BCUT2D eigenvalue weighted by Gasteiger charge is -2.16. The van der Waals surface area contributed by atoms with Crippen LogP contribution in [0.5, 0.6) is 0 Å². The second kappa shape index (κ2) is 9.25. The number of rotatable bonds is 7. The highest BCUT2D eigenvalue weighted by molar-refractivity contribution is 6.33. The minimum Gasteiger partial charge on any atom is -0.467 e. The van der Waals surface area contributed by atoms with Crippen molar-refractivity contribution in [2.45, 2.75) is 12.5 Å². The third kappa shape index (κ3) is 4.94. The number of methoxy groups -OCH3 is 1. The summed E-state index contributed by atoms with van der Waals surface area (Å²) >= 11 is 5.94. The van der Waals surface area contributed by atoms with Crippen LogP contribution in [0, 0.1) is 0 Å². The van der Waals surface area contributed by atoms with E-state index >= 15 is 0 Å². The molecule has 0 aliphatic carbocycles. The third-order valence-corrected chi connectivity index (χ3v) is 4.68. The van der Waals surface area contributed by atoms with Gasteiger partial charge in [-0.2, -0.15) is 0 Å². The van der Waals surface area contributed by atoms with E-state index in [0.717, 1.165) is 16.5 Å². The number of benzene rings is 2. The molecule has 1 amide bonds. The molecule has 0 spiro atoms. The van der Waals surface area contributed by atoms with Crippen molar-refractivity contribution in [2.75, 3.05) is 13.7 Å². The molecule has 0 radical (unpaired) electrons. The fourth-order valence-electron chi connectivity index (χ4n) is 2.93. The Kier molecular flexibility index (Phi) is 6.51. The number of hydrogen-bond donors (Lipinski definition) is 2. The molecule has 0 bridgehead atoms. The number of amides is 1. The summed E-state index contributed by atoms with van der Waals surface area (Å²) < 4.78 is 9.79. The average Bonchev–Trinajstić information content (AvgIpc) is 3.14. The highest BCUT2D eigenvalue weighted by Crippen LogP contribution is 2.19. The summed E-state index contributed by atoms with van der Waals surface area (Å²) in [6.07, 6.45) is 2.01. The number of carbonyl (C=O) groups excluding carboxylic acids is 3. The monoisotopic (exact) mass is 414 g/mol. The zero-order valence-corrected chi connectivity index (χ0v) is 16.4. The second-order valence-corrected chi connectivity index (χ2v) is 6.67. The van der Waals surface area contributed by atoms with E-state index in [1.165, 1.54) is 13.2 Å². The summed E-state index contributed by atoms with van der Waals surface area (Å²) in [4.78, 5) is 39.6. The van der Waals surface area contributed by atoms with Crippen LogP contribution in [-0.2, 0) is 25.5 Å². The number of H-pyrrole nitrogens is 1. The fourth-order valence-corrected chi connectivity index (χ4v) is 3.14. The molecule has 0 unspecified atom stereocenters. The van der Waals surface area contributed by atoms with Crippen LogP contribution in [0.15, 0.2) is 54.7 Å². The van der Waals surface area contributed by atoms with Gasteiger partial charge in [-0.25, -0.2) is 9.59 Å². The van der Waals surface area contributed by atoms with Crippen LogP contribution in [-0.4, -0.2) is 42.6 Å². The number of carbonyl (C=O) groups is 3. The van der Waals surface area contributed by atoms with E-state index in [2.05, 4.69) is 10.3 Å². The Hall–Kier alpha value is -3.32. The van der Waals surface area contributed by atoms with Crippen molar-refractivity contribution in [1.82, 2.24) is 10.3 Å². The van der Waals surface area contributed by atoms with Crippen LogP contribution >= 0.6 is 11.6 Å². The molecule has 0 saturated carbocycles. The first kappa shape index (κ1) is 20.4. The van der Waals surface area contributed by atoms with E-state index in [4.69, 9.17) is 21.1 Å². The second-order valence-electron chi connectivity index (χ2n) is 6.26.